The molecule has 2 atom stereocenters. The van der Waals surface area contributed by atoms with E-state index in [0.717, 1.165) is 17.7 Å². The third-order valence-electron chi connectivity index (χ3n) is 2.93. The van der Waals surface area contributed by atoms with E-state index in [1.54, 1.807) is 0 Å². The summed E-state index contributed by atoms with van der Waals surface area (Å²) in [5, 5.41) is 8.76. The standard InChI is InChI=1S/C10H19N3O3/c11-5-2-1-3-7(12)9(14)8-4-6-13(8)10(15)16/h7-8H,1-6,11-12H2,(H,15,16). The molecule has 1 rings (SSSR count). The molecule has 5 N–H and O–H groups in total. The first-order chi connectivity index (χ1) is 7.57. The van der Waals surface area contributed by atoms with Crippen molar-refractivity contribution in [2.75, 3.05) is 13.1 Å². The topological polar surface area (TPSA) is 110 Å². The molecule has 0 spiro atoms. The van der Waals surface area contributed by atoms with Gasteiger partial charge in [0.05, 0.1) is 12.1 Å². The Morgan fingerprint density at radius 1 is 1.44 bits per heavy atom. The quantitative estimate of drug-likeness (QED) is 0.545. The average molecular weight is 229 g/mol. The fourth-order valence-electron chi connectivity index (χ4n) is 1.81. The summed E-state index contributed by atoms with van der Waals surface area (Å²) in [5.74, 6) is -0.161. The third-order valence-corrected chi connectivity index (χ3v) is 2.93. The van der Waals surface area contributed by atoms with Crippen LogP contribution in [0.15, 0.2) is 0 Å². The maximum atomic E-state index is 11.8. The maximum absolute atomic E-state index is 11.8. The van der Waals surface area contributed by atoms with Crippen LogP contribution in [0.3, 0.4) is 0 Å². The number of ketones is 1. The number of rotatable bonds is 6. The van der Waals surface area contributed by atoms with Gasteiger partial charge >= 0.3 is 6.09 Å². The highest BCUT2D eigenvalue weighted by Crippen LogP contribution is 2.20. The number of nitrogens with two attached hydrogens (primary N) is 2. The number of carboxylic acid groups (broad SMARTS) is 1. The Bertz CT molecular complexity index is 270. The van der Waals surface area contributed by atoms with Crippen LogP contribution in [0.5, 0.6) is 0 Å². The fraction of sp³-hybridized carbons (Fsp3) is 0.800. The molecule has 0 aromatic carbocycles. The molecule has 0 bridgehead atoms. The van der Waals surface area contributed by atoms with Crippen LogP contribution >= 0.6 is 0 Å². The summed E-state index contributed by atoms with van der Waals surface area (Å²) in [6, 6.07) is -1.08. The molecule has 0 saturated carbocycles. The molecule has 1 aliphatic rings. The summed E-state index contributed by atoms with van der Waals surface area (Å²) < 4.78 is 0. The lowest BCUT2D eigenvalue weighted by Crippen LogP contribution is -2.58. The van der Waals surface area contributed by atoms with E-state index < -0.39 is 18.2 Å². The number of carbonyl (C=O) groups is 2. The number of likely N-dealkylation sites (tertiary alicyclic amines) is 1. The van der Waals surface area contributed by atoms with Gasteiger partial charge in [-0.05, 0) is 25.8 Å². The SMILES string of the molecule is NCCCCC(N)C(=O)C1CCN1C(=O)O. The van der Waals surface area contributed by atoms with Gasteiger partial charge in [0.25, 0.3) is 0 Å². The molecule has 92 valence electrons. The van der Waals surface area contributed by atoms with Crippen LogP contribution in [0.1, 0.15) is 25.7 Å². The van der Waals surface area contributed by atoms with E-state index in [0.29, 0.717) is 25.9 Å². The summed E-state index contributed by atoms with van der Waals surface area (Å²) in [6.45, 7) is 1.02. The molecule has 1 amide bonds. The second kappa shape index (κ2) is 5.81. The largest absolute Gasteiger partial charge is 0.465 e. The first-order valence-corrected chi connectivity index (χ1v) is 5.57. The van der Waals surface area contributed by atoms with E-state index in [2.05, 4.69) is 0 Å². The van der Waals surface area contributed by atoms with Gasteiger partial charge in [-0.2, -0.15) is 0 Å². The van der Waals surface area contributed by atoms with Gasteiger partial charge in [0.2, 0.25) is 0 Å². The summed E-state index contributed by atoms with van der Waals surface area (Å²) in [7, 11) is 0. The maximum Gasteiger partial charge on any atom is 0.407 e. The molecule has 16 heavy (non-hydrogen) atoms. The van der Waals surface area contributed by atoms with E-state index >= 15 is 0 Å². The molecule has 1 heterocycles. The second-order valence-corrected chi connectivity index (χ2v) is 4.07. The van der Waals surface area contributed by atoms with Crippen molar-refractivity contribution in [3.8, 4) is 0 Å². The highest BCUT2D eigenvalue weighted by Gasteiger charge is 2.39. The summed E-state index contributed by atoms with van der Waals surface area (Å²) in [4.78, 5) is 23.6. The van der Waals surface area contributed by atoms with Crippen LogP contribution in [0.2, 0.25) is 0 Å². The first kappa shape index (κ1) is 12.9. The summed E-state index contributed by atoms with van der Waals surface area (Å²) in [6.07, 6.45) is 1.78. The number of nitrogens with zero attached hydrogens (tertiary/aromatic N) is 1. The van der Waals surface area contributed by atoms with Crippen molar-refractivity contribution in [1.82, 2.24) is 4.90 Å². The van der Waals surface area contributed by atoms with Crippen molar-refractivity contribution < 1.29 is 14.7 Å². The number of carbonyl (C=O) groups excluding carboxylic acids is 1. The molecule has 1 aliphatic heterocycles. The van der Waals surface area contributed by atoms with Crippen molar-refractivity contribution in [2.24, 2.45) is 11.5 Å². The van der Waals surface area contributed by atoms with Gasteiger partial charge in [0, 0.05) is 6.54 Å². The zero-order valence-corrected chi connectivity index (χ0v) is 9.26. The third kappa shape index (κ3) is 2.93. The molecule has 1 saturated heterocycles. The van der Waals surface area contributed by atoms with E-state index in [1.165, 1.54) is 0 Å². The molecular formula is C10H19N3O3. The Kier molecular flexibility index (Phi) is 4.70. The van der Waals surface area contributed by atoms with Gasteiger partial charge in [-0.15, -0.1) is 0 Å². The molecule has 1 fully saturated rings. The predicted octanol–water partition coefficient (Wildman–Crippen LogP) is -0.236. The van der Waals surface area contributed by atoms with Gasteiger partial charge in [0.1, 0.15) is 0 Å². The highest BCUT2D eigenvalue weighted by molar-refractivity contribution is 5.92. The number of hydrogen-bond acceptors (Lipinski definition) is 4. The average Bonchev–Trinajstić information content (AvgIpc) is 2.15. The van der Waals surface area contributed by atoms with Crippen LogP contribution in [0.4, 0.5) is 4.79 Å². The van der Waals surface area contributed by atoms with Crippen molar-refractivity contribution in [3.05, 3.63) is 0 Å². The van der Waals surface area contributed by atoms with Crippen molar-refractivity contribution in [1.29, 1.82) is 0 Å². The van der Waals surface area contributed by atoms with Gasteiger partial charge in [-0.25, -0.2) is 4.79 Å². The molecule has 0 aliphatic carbocycles. The number of hydrogen-bond donors (Lipinski definition) is 3. The monoisotopic (exact) mass is 229 g/mol. The van der Waals surface area contributed by atoms with Crippen LogP contribution < -0.4 is 11.5 Å². The first-order valence-electron chi connectivity index (χ1n) is 5.57. The number of unbranched alkanes of at least 4 members (excludes halogenated alkanes) is 1. The Labute approximate surface area is 94.6 Å². The Morgan fingerprint density at radius 2 is 2.12 bits per heavy atom. The lowest BCUT2D eigenvalue weighted by molar-refractivity contribution is -0.128. The summed E-state index contributed by atoms with van der Waals surface area (Å²) in [5.41, 5.74) is 11.1. The minimum absolute atomic E-state index is 0.161. The highest BCUT2D eigenvalue weighted by atomic mass is 16.4. The molecule has 2 unspecified atom stereocenters. The smallest absolute Gasteiger partial charge is 0.407 e. The minimum atomic E-state index is -1.04. The summed E-state index contributed by atoms with van der Waals surface area (Å²) >= 11 is 0. The molecule has 0 aromatic heterocycles. The molecule has 0 aromatic rings. The zero-order chi connectivity index (χ0) is 12.1. The fourth-order valence-corrected chi connectivity index (χ4v) is 1.81. The Balaban J connectivity index is 2.36. The van der Waals surface area contributed by atoms with Crippen molar-refractivity contribution in [2.45, 2.75) is 37.8 Å². The predicted molar refractivity (Wildman–Crippen MR) is 59.0 cm³/mol. The van der Waals surface area contributed by atoms with Gasteiger partial charge in [0.15, 0.2) is 5.78 Å². The zero-order valence-electron chi connectivity index (χ0n) is 9.26. The van der Waals surface area contributed by atoms with E-state index in [-0.39, 0.29) is 5.78 Å². The van der Waals surface area contributed by atoms with E-state index in [9.17, 15) is 9.59 Å². The lowest BCUT2D eigenvalue weighted by Gasteiger charge is -2.38. The Morgan fingerprint density at radius 3 is 2.56 bits per heavy atom. The Hall–Kier alpha value is -1.14. The minimum Gasteiger partial charge on any atom is -0.465 e. The van der Waals surface area contributed by atoms with E-state index in [4.69, 9.17) is 16.6 Å². The van der Waals surface area contributed by atoms with Crippen LogP contribution in [-0.4, -0.2) is 47.1 Å². The van der Waals surface area contributed by atoms with Crippen LogP contribution in [-0.2, 0) is 4.79 Å². The van der Waals surface area contributed by atoms with Gasteiger partial charge in [-0.3, -0.25) is 9.69 Å². The second-order valence-electron chi connectivity index (χ2n) is 4.07. The molecule has 6 nitrogen and oxygen atoms in total. The van der Waals surface area contributed by atoms with Crippen LogP contribution in [0, 0.1) is 0 Å². The molecule has 6 heteroatoms. The van der Waals surface area contributed by atoms with Crippen LogP contribution in [0.25, 0.3) is 0 Å². The lowest BCUT2D eigenvalue weighted by atomic mass is 9.92. The number of amides is 1. The van der Waals surface area contributed by atoms with Gasteiger partial charge < -0.3 is 16.6 Å². The molecular weight excluding hydrogens is 210 g/mol. The van der Waals surface area contributed by atoms with Crippen molar-refractivity contribution in [3.63, 3.8) is 0 Å². The molecule has 0 radical (unpaired) electrons. The van der Waals surface area contributed by atoms with E-state index in [1.807, 2.05) is 0 Å². The van der Waals surface area contributed by atoms with Crippen molar-refractivity contribution >= 4 is 11.9 Å². The van der Waals surface area contributed by atoms with Gasteiger partial charge in [-0.1, -0.05) is 6.42 Å². The normalized spacial score (nSPS) is 21.4. The number of Topliss-reactive ketones (excluding diaryl/α,β-unsaturated/α-hetero) is 1.